The van der Waals surface area contributed by atoms with E-state index >= 15 is 0 Å². The lowest BCUT2D eigenvalue weighted by molar-refractivity contribution is -0.384. The summed E-state index contributed by atoms with van der Waals surface area (Å²) in [4.78, 5) is 30.5. The van der Waals surface area contributed by atoms with E-state index in [2.05, 4.69) is 17.6 Å². The molecule has 0 radical (unpaired) electrons. The van der Waals surface area contributed by atoms with Crippen molar-refractivity contribution in [1.29, 1.82) is 0 Å². The lowest BCUT2D eigenvalue weighted by Crippen LogP contribution is -2.32. The number of hydrogen-bond donors (Lipinski definition) is 0. The van der Waals surface area contributed by atoms with Crippen LogP contribution < -0.4 is 0 Å². The van der Waals surface area contributed by atoms with Crippen LogP contribution in [0.3, 0.4) is 0 Å². The zero-order chi connectivity index (χ0) is 19.8. The van der Waals surface area contributed by atoms with Crippen LogP contribution >= 0.6 is 22.6 Å². The summed E-state index contributed by atoms with van der Waals surface area (Å²) in [5.74, 6) is 0.808. The zero-order valence-electron chi connectivity index (χ0n) is 15.3. The molecule has 1 aromatic heterocycles. The van der Waals surface area contributed by atoms with Gasteiger partial charge in [0.05, 0.1) is 27.6 Å². The fourth-order valence-corrected chi connectivity index (χ4v) is 4.63. The summed E-state index contributed by atoms with van der Waals surface area (Å²) < 4.78 is 2.76. The van der Waals surface area contributed by atoms with Crippen molar-refractivity contribution in [1.82, 2.24) is 14.5 Å². The number of carbonyl (C=O) groups excluding carboxylic acids is 1. The largest absolute Gasteiger partial charge is 0.328 e. The second-order valence-corrected chi connectivity index (χ2v) is 7.94. The van der Waals surface area contributed by atoms with E-state index < -0.39 is 4.92 Å². The van der Waals surface area contributed by atoms with Gasteiger partial charge in [-0.05, 0) is 60.6 Å². The van der Waals surface area contributed by atoms with Crippen molar-refractivity contribution >= 4 is 45.2 Å². The quantitative estimate of drug-likeness (QED) is 0.306. The number of imidazole rings is 1. The van der Waals surface area contributed by atoms with E-state index in [0.717, 1.165) is 36.2 Å². The molecule has 0 saturated carbocycles. The smallest absolute Gasteiger partial charge is 0.270 e. The van der Waals surface area contributed by atoms with Gasteiger partial charge >= 0.3 is 0 Å². The highest BCUT2D eigenvalue weighted by Crippen LogP contribution is 2.35. The number of aryl methyl sites for hydroxylation is 1. The molecular weight excluding hydrogens is 471 g/mol. The van der Waals surface area contributed by atoms with Gasteiger partial charge in [0.25, 0.3) is 11.6 Å². The Morgan fingerprint density at radius 3 is 2.82 bits per heavy atom. The Balaban J connectivity index is 1.71. The van der Waals surface area contributed by atoms with Gasteiger partial charge in [-0.3, -0.25) is 14.9 Å². The monoisotopic (exact) mass is 490 g/mol. The van der Waals surface area contributed by atoms with E-state index in [-0.39, 0.29) is 17.6 Å². The Hall–Kier alpha value is -2.49. The summed E-state index contributed by atoms with van der Waals surface area (Å²) in [7, 11) is 0. The van der Waals surface area contributed by atoms with E-state index in [9.17, 15) is 14.9 Å². The molecule has 1 aliphatic rings. The van der Waals surface area contributed by atoms with Crippen molar-refractivity contribution in [2.45, 2.75) is 32.4 Å². The molecule has 4 rings (SSSR count). The number of para-hydroxylation sites is 2. The molecule has 1 atom stereocenters. The number of halogens is 1. The molecule has 1 saturated heterocycles. The topological polar surface area (TPSA) is 81.3 Å². The number of likely N-dealkylation sites (tertiary alicyclic amines) is 1. The molecule has 0 aliphatic carbocycles. The lowest BCUT2D eigenvalue weighted by Gasteiger charge is -2.25. The molecule has 1 aliphatic heterocycles. The number of fused-ring (bicyclic) bond motifs is 1. The molecule has 144 valence electrons. The summed E-state index contributed by atoms with van der Waals surface area (Å²) in [5, 5.41) is 11.0. The molecule has 2 aromatic carbocycles. The minimum Gasteiger partial charge on any atom is -0.328 e. The minimum atomic E-state index is -0.446. The number of nitrogens with zero attached hydrogens (tertiary/aromatic N) is 4. The summed E-state index contributed by atoms with van der Waals surface area (Å²) >= 11 is 2.00. The van der Waals surface area contributed by atoms with Crippen LogP contribution in [-0.2, 0) is 6.54 Å². The van der Waals surface area contributed by atoms with Crippen LogP contribution in [0.5, 0.6) is 0 Å². The standard InChI is InChI=1S/C20H19IN4O3/c1-2-23-17-7-4-3-6-16(17)22-19(23)18-8-5-11-24(18)20(26)14-10-9-13(25(27)28)12-15(14)21/h3-4,6-7,9-10,12,18H,2,5,8,11H2,1H3. The number of aromatic nitrogens is 2. The molecule has 28 heavy (non-hydrogen) atoms. The molecule has 0 spiro atoms. The maximum atomic E-state index is 13.3. The fourth-order valence-electron chi connectivity index (χ4n) is 3.90. The second kappa shape index (κ2) is 7.50. The Bertz CT molecular complexity index is 1080. The SMILES string of the molecule is CCn1c(C2CCCN2C(=O)c2ccc([N+](=O)[O-])cc2I)nc2ccccc21. The van der Waals surface area contributed by atoms with E-state index in [1.165, 1.54) is 12.1 Å². The minimum absolute atomic E-state index is 0.00769. The van der Waals surface area contributed by atoms with Gasteiger partial charge in [0, 0.05) is 28.8 Å². The predicted molar refractivity (Wildman–Crippen MR) is 114 cm³/mol. The van der Waals surface area contributed by atoms with Crippen LogP contribution in [0.4, 0.5) is 5.69 Å². The van der Waals surface area contributed by atoms with Gasteiger partial charge in [0.15, 0.2) is 0 Å². The van der Waals surface area contributed by atoms with Gasteiger partial charge < -0.3 is 9.47 Å². The van der Waals surface area contributed by atoms with E-state index in [1.54, 1.807) is 6.07 Å². The van der Waals surface area contributed by atoms with E-state index in [4.69, 9.17) is 4.98 Å². The van der Waals surface area contributed by atoms with Gasteiger partial charge in [-0.15, -0.1) is 0 Å². The van der Waals surface area contributed by atoms with E-state index in [1.807, 2.05) is 45.7 Å². The Kier molecular flexibility index (Phi) is 5.05. The third-order valence-electron chi connectivity index (χ3n) is 5.21. The highest BCUT2D eigenvalue weighted by Gasteiger charge is 2.34. The first-order chi connectivity index (χ1) is 13.5. The summed E-state index contributed by atoms with van der Waals surface area (Å²) in [6, 6.07) is 12.3. The van der Waals surface area contributed by atoms with Crippen molar-refractivity contribution in [3.8, 4) is 0 Å². The zero-order valence-corrected chi connectivity index (χ0v) is 17.5. The number of nitro benzene ring substituents is 1. The number of amides is 1. The molecule has 1 amide bonds. The number of benzene rings is 2. The van der Waals surface area contributed by atoms with E-state index in [0.29, 0.717) is 15.7 Å². The summed E-state index contributed by atoms with van der Waals surface area (Å²) in [6.45, 7) is 3.52. The Morgan fingerprint density at radius 1 is 1.32 bits per heavy atom. The number of nitro groups is 1. The Morgan fingerprint density at radius 2 is 2.11 bits per heavy atom. The summed E-state index contributed by atoms with van der Waals surface area (Å²) in [6.07, 6.45) is 1.77. The first-order valence-electron chi connectivity index (χ1n) is 9.21. The van der Waals surface area contributed by atoms with Gasteiger partial charge in [-0.25, -0.2) is 4.98 Å². The first kappa shape index (κ1) is 18.9. The maximum absolute atomic E-state index is 13.3. The van der Waals surface area contributed by atoms with Crippen molar-refractivity contribution in [3.63, 3.8) is 0 Å². The normalized spacial score (nSPS) is 16.6. The average Bonchev–Trinajstić information content (AvgIpc) is 3.31. The van der Waals surface area contributed by atoms with Crippen molar-refractivity contribution in [3.05, 3.63) is 67.5 Å². The Labute approximate surface area is 175 Å². The lowest BCUT2D eigenvalue weighted by atomic mass is 10.1. The highest BCUT2D eigenvalue weighted by molar-refractivity contribution is 14.1. The van der Waals surface area contributed by atoms with Crippen LogP contribution in [0, 0.1) is 13.7 Å². The van der Waals surface area contributed by atoms with Crippen molar-refractivity contribution < 1.29 is 9.72 Å². The first-order valence-corrected chi connectivity index (χ1v) is 10.3. The molecule has 1 fully saturated rings. The average molecular weight is 490 g/mol. The number of non-ortho nitro benzene ring substituents is 1. The third kappa shape index (κ3) is 3.15. The van der Waals surface area contributed by atoms with Crippen LogP contribution in [0.1, 0.15) is 42.0 Å². The number of hydrogen-bond acceptors (Lipinski definition) is 4. The van der Waals surface area contributed by atoms with Crippen LogP contribution in [0.25, 0.3) is 11.0 Å². The van der Waals surface area contributed by atoms with Crippen molar-refractivity contribution in [2.24, 2.45) is 0 Å². The molecule has 7 nitrogen and oxygen atoms in total. The van der Waals surface area contributed by atoms with Gasteiger partial charge in [0.2, 0.25) is 0 Å². The molecule has 2 heterocycles. The van der Waals surface area contributed by atoms with Gasteiger partial charge in [0.1, 0.15) is 5.82 Å². The molecule has 0 N–H and O–H groups in total. The number of carbonyl (C=O) groups is 1. The number of rotatable bonds is 4. The highest BCUT2D eigenvalue weighted by atomic mass is 127. The van der Waals surface area contributed by atoms with Crippen LogP contribution in [0.2, 0.25) is 0 Å². The third-order valence-corrected chi connectivity index (χ3v) is 6.10. The van der Waals surface area contributed by atoms with Crippen LogP contribution in [-0.4, -0.2) is 31.8 Å². The molecular formula is C20H19IN4O3. The molecule has 3 aromatic rings. The van der Waals surface area contributed by atoms with Gasteiger partial charge in [-0.1, -0.05) is 12.1 Å². The predicted octanol–water partition coefficient (Wildman–Crippen LogP) is 4.55. The second-order valence-electron chi connectivity index (χ2n) is 6.78. The summed E-state index contributed by atoms with van der Waals surface area (Å²) in [5.41, 5.74) is 2.50. The van der Waals surface area contributed by atoms with Crippen LogP contribution in [0.15, 0.2) is 42.5 Å². The molecule has 8 heteroatoms. The van der Waals surface area contributed by atoms with Gasteiger partial charge in [-0.2, -0.15) is 0 Å². The molecule has 0 bridgehead atoms. The van der Waals surface area contributed by atoms with Crippen molar-refractivity contribution in [2.75, 3.05) is 6.54 Å². The fraction of sp³-hybridized carbons (Fsp3) is 0.300. The molecule has 1 unspecified atom stereocenters. The maximum Gasteiger partial charge on any atom is 0.270 e.